The summed E-state index contributed by atoms with van der Waals surface area (Å²) in [6, 6.07) is 7.52. The van der Waals surface area contributed by atoms with Gasteiger partial charge in [0, 0.05) is 18.6 Å². The van der Waals surface area contributed by atoms with Crippen molar-refractivity contribution in [2.75, 3.05) is 5.75 Å². The first-order valence-electron chi connectivity index (χ1n) is 6.29. The van der Waals surface area contributed by atoms with Crippen molar-refractivity contribution in [1.29, 1.82) is 0 Å². The molecule has 0 saturated heterocycles. The number of carboxylic acids is 1. The zero-order valence-corrected chi connectivity index (χ0v) is 11.8. The first-order chi connectivity index (χ1) is 10.2. The van der Waals surface area contributed by atoms with E-state index in [9.17, 15) is 4.79 Å². The van der Waals surface area contributed by atoms with E-state index in [0.29, 0.717) is 11.7 Å². The van der Waals surface area contributed by atoms with Gasteiger partial charge in [-0.05, 0) is 29.8 Å². The molecule has 0 aromatic carbocycles. The third-order valence-electron chi connectivity index (χ3n) is 2.88. The fraction of sp³-hybridized carbons (Fsp3) is 0.143. The molecular weight excluding hydrogens is 288 g/mol. The van der Waals surface area contributed by atoms with E-state index in [1.807, 2.05) is 28.8 Å². The minimum absolute atomic E-state index is 0.0281. The lowest BCUT2D eigenvalue weighted by molar-refractivity contribution is -0.133. The van der Waals surface area contributed by atoms with Crippen LogP contribution in [0.15, 0.2) is 48.0 Å². The van der Waals surface area contributed by atoms with Gasteiger partial charge in [-0.3, -0.25) is 14.3 Å². The van der Waals surface area contributed by atoms with Gasteiger partial charge in [0.2, 0.25) is 0 Å². The van der Waals surface area contributed by atoms with Gasteiger partial charge in [0.25, 0.3) is 0 Å². The number of rotatable bonds is 5. The number of carbonyl (C=O) groups is 1. The summed E-state index contributed by atoms with van der Waals surface area (Å²) in [7, 11) is 0. The molecule has 106 valence electrons. The molecule has 0 fully saturated rings. The Morgan fingerprint density at radius 3 is 2.81 bits per heavy atom. The Labute approximate surface area is 124 Å². The molecule has 1 N–H and O–H groups in total. The first-order valence-corrected chi connectivity index (χ1v) is 7.27. The van der Waals surface area contributed by atoms with Crippen molar-refractivity contribution in [3.8, 4) is 0 Å². The Balaban J connectivity index is 2.00. The summed E-state index contributed by atoms with van der Waals surface area (Å²) in [6.45, 7) is 0.581. The summed E-state index contributed by atoms with van der Waals surface area (Å²) >= 11 is 1.20. The topological polar surface area (TPSA) is 80.9 Å². The molecule has 0 aliphatic carbocycles. The summed E-state index contributed by atoms with van der Waals surface area (Å²) in [6.07, 6.45) is 5.16. The highest BCUT2D eigenvalue weighted by Crippen LogP contribution is 2.23. The van der Waals surface area contributed by atoms with Gasteiger partial charge in [0.05, 0.1) is 12.3 Å². The van der Waals surface area contributed by atoms with Gasteiger partial charge in [0.15, 0.2) is 10.8 Å². The molecule has 7 heteroatoms. The number of pyridine rings is 2. The number of imidazole rings is 1. The highest BCUT2D eigenvalue weighted by Gasteiger charge is 2.13. The maximum atomic E-state index is 10.8. The molecule has 0 radical (unpaired) electrons. The Kier molecular flexibility index (Phi) is 3.83. The lowest BCUT2D eigenvalue weighted by atomic mass is 10.3. The zero-order chi connectivity index (χ0) is 14.7. The minimum Gasteiger partial charge on any atom is -0.481 e. The van der Waals surface area contributed by atoms with Crippen molar-refractivity contribution in [2.24, 2.45) is 0 Å². The molecule has 0 bridgehead atoms. The normalized spacial score (nSPS) is 10.9. The number of aromatic nitrogens is 4. The summed E-state index contributed by atoms with van der Waals surface area (Å²) in [5, 5.41) is 9.50. The van der Waals surface area contributed by atoms with E-state index >= 15 is 0 Å². The molecule has 0 aliphatic rings. The van der Waals surface area contributed by atoms with Crippen LogP contribution in [0.25, 0.3) is 11.2 Å². The number of carboxylic acid groups (broad SMARTS) is 1. The Morgan fingerprint density at radius 2 is 2.05 bits per heavy atom. The summed E-state index contributed by atoms with van der Waals surface area (Å²) in [5.41, 5.74) is 2.58. The van der Waals surface area contributed by atoms with Gasteiger partial charge in [-0.25, -0.2) is 9.97 Å². The van der Waals surface area contributed by atoms with Crippen LogP contribution in [0.3, 0.4) is 0 Å². The molecule has 0 atom stereocenters. The lowest BCUT2D eigenvalue weighted by Gasteiger charge is -2.07. The van der Waals surface area contributed by atoms with Gasteiger partial charge in [0.1, 0.15) is 5.52 Å². The van der Waals surface area contributed by atoms with Gasteiger partial charge in [-0.1, -0.05) is 11.8 Å². The molecule has 0 unspecified atom stereocenters. The Bertz CT molecular complexity index is 773. The van der Waals surface area contributed by atoms with Crippen LogP contribution in [-0.2, 0) is 11.3 Å². The van der Waals surface area contributed by atoms with E-state index in [1.165, 1.54) is 11.8 Å². The average molecular weight is 300 g/mol. The highest BCUT2D eigenvalue weighted by atomic mass is 32.2. The highest BCUT2D eigenvalue weighted by molar-refractivity contribution is 7.99. The number of hydrogen-bond acceptors (Lipinski definition) is 5. The summed E-state index contributed by atoms with van der Waals surface area (Å²) in [4.78, 5) is 23.6. The molecule has 0 amide bonds. The number of fused-ring (bicyclic) bond motifs is 1. The fourth-order valence-electron chi connectivity index (χ4n) is 1.99. The van der Waals surface area contributed by atoms with E-state index < -0.39 is 5.97 Å². The van der Waals surface area contributed by atoms with E-state index in [4.69, 9.17) is 5.11 Å². The first kappa shape index (κ1) is 13.6. The predicted molar refractivity (Wildman–Crippen MR) is 79.2 cm³/mol. The van der Waals surface area contributed by atoms with Crippen LogP contribution in [0.5, 0.6) is 0 Å². The molecule has 21 heavy (non-hydrogen) atoms. The van der Waals surface area contributed by atoms with E-state index in [0.717, 1.165) is 16.7 Å². The van der Waals surface area contributed by atoms with E-state index in [1.54, 1.807) is 18.6 Å². The van der Waals surface area contributed by atoms with Crippen molar-refractivity contribution in [2.45, 2.75) is 11.7 Å². The Hall–Kier alpha value is -2.41. The van der Waals surface area contributed by atoms with Gasteiger partial charge in [-0.2, -0.15) is 0 Å². The monoisotopic (exact) mass is 300 g/mol. The van der Waals surface area contributed by atoms with Crippen LogP contribution in [0, 0.1) is 0 Å². The molecular formula is C14H12N4O2S. The second-order valence-corrected chi connectivity index (χ2v) is 5.31. The van der Waals surface area contributed by atoms with Crippen LogP contribution in [0.1, 0.15) is 5.56 Å². The van der Waals surface area contributed by atoms with Crippen LogP contribution >= 0.6 is 11.8 Å². The molecule has 0 spiro atoms. The molecule has 3 aromatic heterocycles. The average Bonchev–Trinajstić information content (AvgIpc) is 2.84. The maximum absolute atomic E-state index is 10.8. The number of hydrogen-bond donors (Lipinski definition) is 1. The Morgan fingerprint density at radius 1 is 1.24 bits per heavy atom. The van der Waals surface area contributed by atoms with E-state index in [2.05, 4.69) is 15.0 Å². The molecule has 0 aliphatic heterocycles. The van der Waals surface area contributed by atoms with Crippen LogP contribution < -0.4 is 0 Å². The fourth-order valence-corrected chi connectivity index (χ4v) is 2.71. The second kappa shape index (κ2) is 5.92. The predicted octanol–water partition coefficient (Wildman–Crippen LogP) is 2.05. The standard InChI is InChI=1S/C14H12N4O2S/c19-12(20)9-21-14-17-11-2-1-5-16-13(11)18(14)8-10-3-6-15-7-4-10/h1-7H,8-9H2,(H,19,20). The van der Waals surface area contributed by atoms with E-state index in [-0.39, 0.29) is 5.75 Å². The van der Waals surface area contributed by atoms with Gasteiger partial charge in [-0.15, -0.1) is 0 Å². The third-order valence-corrected chi connectivity index (χ3v) is 3.84. The molecule has 3 aromatic rings. The second-order valence-electron chi connectivity index (χ2n) is 4.36. The minimum atomic E-state index is -0.865. The largest absolute Gasteiger partial charge is 0.481 e. The van der Waals surface area contributed by atoms with Crippen LogP contribution in [0.2, 0.25) is 0 Å². The molecule has 3 rings (SSSR count). The summed E-state index contributed by atoms with van der Waals surface area (Å²) < 4.78 is 1.93. The van der Waals surface area contributed by atoms with Crippen molar-refractivity contribution in [3.63, 3.8) is 0 Å². The SMILES string of the molecule is O=C(O)CSc1nc2cccnc2n1Cc1ccncc1. The smallest absolute Gasteiger partial charge is 0.313 e. The molecule has 3 heterocycles. The van der Waals surface area contributed by atoms with Crippen LogP contribution in [-0.4, -0.2) is 36.3 Å². The van der Waals surface area contributed by atoms with Gasteiger partial charge < -0.3 is 5.11 Å². The quantitative estimate of drug-likeness (QED) is 0.726. The summed E-state index contributed by atoms with van der Waals surface area (Å²) in [5.74, 6) is -0.893. The lowest BCUT2D eigenvalue weighted by Crippen LogP contribution is -2.05. The zero-order valence-electron chi connectivity index (χ0n) is 11.0. The van der Waals surface area contributed by atoms with Gasteiger partial charge >= 0.3 is 5.97 Å². The maximum Gasteiger partial charge on any atom is 0.313 e. The van der Waals surface area contributed by atoms with Crippen LogP contribution in [0.4, 0.5) is 0 Å². The van der Waals surface area contributed by atoms with Crippen molar-refractivity contribution >= 4 is 28.9 Å². The third kappa shape index (κ3) is 3.03. The molecule has 6 nitrogen and oxygen atoms in total. The molecule has 0 saturated carbocycles. The number of thioether (sulfide) groups is 1. The number of nitrogens with zero attached hydrogens (tertiary/aromatic N) is 4. The van der Waals surface area contributed by atoms with Crippen molar-refractivity contribution in [3.05, 3.63) is 48.4 Å². The van der Waals surface area contributed by atoms with Crippen molar-refractivity contribution < 1.29 is 9.90 Å². The number of aliphatic carboxylic acids is 1. The van der Waals surface area contributed by atoms with Crippen molar-refractivity contribution in [1.82, 2.24) is 19.5 Å².